The van der Waals surface area contributed by atoms with Gasteiger partial charge in [0, 0.05) is 5.92 Å². The average Bonchev–Trinajstić information content (AvgIpc) is 2.74. The van der Waals surface area contributed by atoms with E-state index in [9.17, 15) is 9.59 Å². The van der Waals surface area contributed by atoms with Crippen LogP contribution in [0.25, 0.3) is 0 Å². The van der Waals surface area contributed by atoms with Crippen molar-refractivity contribution in [3.05, 3.63) is 107 Å². The van der Waals surface area contributed by atoms with Crippen LogP contribution in [-0.2, 0) is 9.53 Å². The van der Waals surface area contributed by atoms with Gasteiger partial charge in [-0.05, 0) is 23.3 Å². The maximum atomic E-state index is 12.9. The van der Waals surface area contributed by atoms with Crippen LogP contribution >= 0.6 is 11.6 Å². The minimum absolute atomic E-state index is 0.304. The maximum absolute atomic E-state index is 12.9. The molecule has 1 N–H and O–H groups in total. The minimum Gasteiger partial charge on any atom is -0.467 e. The molecule has 3 aromatic rings. The van der Waals surface area contributed by atoms with Crippen molar-refractivity contribution in [3.8, 4) is 0 Å². The van der Waals surface area contributed by atoms with Crippen molar-refractivity contribution >= 4 is 23.5 Å². The van der Waals surface area contributed by atoms with Gasteiger partial charge < -0.3 is 10.1 Å². The summed E-state index contributed by atoms with van der Waals surface area (Å²) in [6.07, 6.45) is 0. The van der Waals surface area contributed by atoms with Crippen LogP contribution in [0.4, 0.5) is 0 Å². The Hall–Kier alpha value is -3.11. The molecule has 0 aromatic heterocycles. The quantitative estimate of drug-likeness (QED) is 0.630. The van der Waals surface area contributed by atoms with E-state index < -0.39 is 23.8 Å². The summed E-state index contributed by atoms with van der Waals surface area (Å²) in [5.41, 5.74) is 2.09. The molecule has 0 unspecified atom stereocenters. The number of amides is 1. The lowest BCUT2D eigenvalue weighted by Gasteiger charge is -2.27. The zero-order valence-electron chi connectivity index (χ0n) is 15.3. The van der Waals surface area contributed by atoms with Crippen molar-refractivity contribution in [2.24, 2.45) is 0 Å². The molecule has 0 aliphatic carbocycles. The summed E-state index contributed by atoms with van der Waals surface area (Å²) in [6.45, 7) is 0. The fourth-order valence-corrected chi connectivity index (χ4v) is 3.39. The van der Waals surface area contributed by atoms with Gasteiger partial charge in [0.1, 0.15) is 6.04 Å². The van der Waals surface area contributed by atoms with E-state index >= 15 is 0 Å². The Kier molecular flexibility index (Phi) is 6.45. The van der Waals surface area contributed by atoms with E-state index in [0.717, 1.165) is 11.1 Å². The Bertz CT molecular complexity index is 905. The number of rotatable bonds is 6. The van der Waals surface area contributed by atoms with E-state index in [1.807, 2.05) is 60.7 Å². The van der Waals surface area contributed by atoms with Crippen LogP contribution < -0.4 is 5.32 Å². The molecule has 0 radical (unpaired) electrons. The van der Waals surface area contributed by atoms with Gasteiger partial charge in [-0.2, -0.15) is 0 Å². The van der Waals surface area contributed by atoms with Crippen molar-refractivity contribution in [1.29, 1.82) is 0 Å². The highest BCUT2D eigenvalue weighted by atomic mass is 35.5. The summed E-state index contributed by atoms with van der Waals surface area (Å²) in [4.78, 5) is 25.5. The van der Waals surface area contributed by atoms with Crippen molar-refractivity contribution in [2.45, 2.75) is 12.0 Å². The number of methoxy groups -OCH3 is 1. The first-order valence-electron chi connectivity index (χ1n) is 8.85. The normalized spacial score (nSPS) is 11.7. The van der Waals surface area contributed by atoms with E-state index in [4.69, 9.17) is 16.3 Å². The van der Waals surface area contributed by atoms with E-state index in [1.54, 1.807) is 24.3 Å². The monoisotopic (exact) mass is 393 g/mol. The van der Waals surface area contributed by atoms with Crippen LogP contribution in [0.15, 0.2) is 84.9 Å². The molecule has 4 nitrogen and oxygen atoms in total. The highest BCUT2D eigenvalue weighted by molar-refractivity contribution is 6.33. The van der Waals surface area contributed by atoms with Gasteiger partial charge in [0.25, 0.3) is 5.91 Å². The molecular formula is C23H20ClNO3. The Balaban J connectivity index is 2.03. The van der Waals surface area contributed by atoms with Crippen LogP contribution in [0.3, 0.4) is 0 Å². The second kappa shape index (κ2) is 9.20. The minimum atomic E-state index is -0.918. The van der Waals surface area contributed by atoms with Gasteiger partial charge in [0.2, 0.25) is 0 Å². The van der Waals surface area contributed by atoms with Gasteiger partial charge in [0.15, 0.2) is 0 Å². The maximum Gasteiger partial charge on any atom is 0.329 e. The lowest BCUT2D eigenvalue weighted by Crippen LogP contribution is -2.46. The lowest BCUT2D eigenvalue weighted by molar-refractivity contribution is -0.143. The van der Waals surface area contributed by atoms with E-state index in [-0.39, 0.29) is 0 Å². The Morgan fingerprint density at radius 1 is 0.821 bits per heavy atom. The third-order valence-corrected chi connectivity index (χ3v) is 4.84. The SMILES string of the molecule is COC(=O)[C@H](NC(=O)c1ccccc1Cl)C(c1ccccc1)c1ccccc1. The number of ether oxygens (including phenoxy) is 1. The third kappa shape index (κ3) is 4.41. The second-order valence-corrected chi connectivity index (χ2v) is 6.66. The zero-order valence-corrected chi connectivity index (χ0v) is 16.1. The molecule has 0 spiro atoms. The van der Waals surface area contributed by atoms with Crippen molar-refractivity contribution in [2.75, 3.05) is 7.11 Å². The molecular weight excluding hydrogens is 374 g/mol. The van der Waals surface area contributed by atoms with Gasteiger partial charge in [0.05, 0.1) is 17.7 Å². The number of nitrogens with one attached hydrogen (secondary N) is 1. The van der Waals surface area contributed by atoms with Crippen LogP contribution in [0.5, 0.6) is 0 Å². The molecule has 142 valence electrons. The second-order valence-electron chi connectivity index (χ2n) is 6.25. The largest absolute Gasteiger partial charge is 0.467 e. The predicted molar refractivity (Wildman–Crippen MR) is 109 cm³/mol. The third-order valence-electron chi connectivity index (χ3n) is 4.51. The van der Waals surface area contributed by atoms with Crippen LogP contribution in [-0.4, -0.2) is 25.0 Å². The summed E-state index contributed by atoms with van der Waals surface area (Å²) >= 11 is 6.15. The summed E-state index contributed by atoms with van der Waals surface area (Å²) in [6, 6.07) is 24.9. The molecule has 0 heterocycles. The molecule has 0 saturated heterocycles. The molecule has 3 aromatic carbocycles. The standard InChI is InChI=1S/C23H20ClNO3/c1-28-23(27)21(25-22(26)18-14-8-9-15-19(18)24)20(16-10-4-2-5-11-16)17-12-6-3-7-13-17/h2-15,20-21H,1H3,(H,25,26)/t21-/m1/s1. The van der Waals surface area contributed by atoms with Crippen LogP contribution in [0, 0.1) is 0 Å². The number of halogens is 1. The summed E-state index contributed by atoms with van der Waals surface area (Å²) in [5, 5.41) is 3.14. The Morgan fingerprint density at radius 3 is 1.82 bits per heavy atom. The molecule has 0 aliphatic heterocycles. The predicted octanol–water partition coefficient (Wildman–Crippen LogP) is 4.44. The number of hydrogen-bond acceptors (Lipinski definition) is 3. The molecule has 3 rings (SSSR count). The lowest BCUT2D eigenvalue weighted by atomic mass is 9.84. The zero-order chi connectivity index (χ0) is 19.9. The first-order valence-corrected chi connectivity index (χ1v) is 9.22. The Morgan fingerprint density at radius 2 is 1.32 bits per heavy atom. The molecule has 5 heteroatoms. The molecule has 28 heavy (non-hydrogen) atoms. The van der Waals surface area contributed by atoms with Crippen LogP contribution in [0.2, 0.25) is 5.02 Å². The molecule has 0 fully saturated rings. The van der Waals surface area contributed by atoms with E-state index in [2.05, 4.69) is 5.32 Å². The highest BCUT2D eigenvalue weighted by Crippen LogP contribution is 2.29. The van der Waals surface area contributed by atoms with Crippen LogP contribution in [0.1, 0.15) is 27.4 Å². The average molecular weight is 394 g/mol. The van der Waals surface area contributed by atoms with Crippen molar-refractivity contribution in [3.63, 3.8) is 0 Å². The van der Waals surface area contributed by atoms with Gasteiger partial charge >= 0.3 is 5.97 Å². The summed E-state index contributed by atoms with van der Waals surface area (Å²) < 4.78 is 5.02. The summed E-state index contributed by atoms with van der Waals surface area (Å²) in [7, 11) is 1.31. The number of carbonyl (C=O) groups excluding carboxylic acids is 2. The molecule has 1 atom stereocenters. The van der Waals surface area contributed by atoms with Gasteiger partial charge in [-0.15, -0.1) is 0 Å². The molecule has 0 bridgehead atoms. The number of hydrogen-bond donors (Lipinski definition) is 1. The first kappa shape index (κ1) is 19.6. The van der Waals surface area contributed by atoms with Gasteiger partial charge in [-0.3, -0.25) is 4.79 Å². The van der Waals surface area contributed by atoms with Gasteiger partial charge in [-0.25, -0.2) is 4.79 Å². The summed E-state index contributed by atoms with van der Waals surface area (Å²) in [5.74, 6) is -1.38. The van der Waals surface area contributed by atoms with E-state index in [1.165, 1.54) is 7.11 Å². The van der Waals surface area contributed by atoms with Crippen molar-refractivity contribution in [1.82, 2.24) is 5.32 Å². The van der Waals surface area contributed by atoms with Gasteiger partial charge in [-0.1, -0.05) is 84.4 Å². The fraction of sp³-hybridized carbons (Fsp3) is 0.130. The topological polar surface area (TPSA) is 55.4 Å². The first-order chi connectivity index (χ1) is 13.6. The smallest absolute Gasteiger partial charge is 0.329 e. The number of benzene rings is 3. The number of esters is 1. The fourth-order valence-electron chi connectivity index (χ4n) is 3.17. The highest BCUT2D eigenvalue weighted by Gasteiger charge is 2.33. The Labute approximate surface area is 169 Å². The molecule has 1 amide bonds. The number of carbonyl (C=O) groups is 2. The molecule has 0 aliphatic rings. The molecule has 0 saturated carbocycles. The van der Waals surface area contributed by atoms with E-state index in [0.29, 0.717) is 10.6 Å². The van der Waals surface area contributed by atoms with Crippen molar-refractivity contribution < 1.29 is 14.3 Å².